The largest absolute Gasteiger partial charge is 0.356 e. The Morgan fingerprint density at radius 2 is 1.88 bits per heavy atom. The van der Waals surface area contributed by atoms with Gasteiger partial charge in [-0.2, -0.15) is 0 Å². The van der Waals surface area contributed by atoms with Crippen molar-refractivity contribution in [3.63, 3.8) is 0 Å². The van der Waals surface area contributed by atoms with Gasteiger partial charge in [-0.3, -0.25) is 9.59 Å². The molecule has 1 saturated heterocycles. The third-order valence-corrected chi connectivity index (χ3v) is 7.15. The van der Waals surface area contributed by atoms with Gasteiger partial charge in [0.05, 0.1) is 5.41 Å². The summed E-state index contributed by atoms with van der Waals surface area (Å²) in [4.78, 5) is 28.3. The van der Waals surface area contributed by atoms with Gasteiger partial charge >= 0.3 is 0 Å². The van der Waals surface area contributed by atoms with Crippen LogP contribution in [0, 0.1) is 17.2 Å². The zero-order chi connectivity index (χ0) is 23.3. The molecule has 33 heavy (non-hydrogen) atoms. The van der Waals surface area contributed by atoms with Crippen molar-refractivity contribution < 1.29 is 14.0 Å². The van der Waals surface area contributed by atoms with Crippen LogP contribution in [0.2, 0.25) is 0 Å². The maximum atomic E-state index is 13.9. The SMILES string of the molecule is CCNC(=O)C1(Cc2ccccc2-c2cccc(F)c2)CCN(C(=O)[C@@H]2CC=CCC2)CC1. The van der Waals surface area contributed by atoms with E-state index >= 15 is 0 Å². The van der Waals surface area contributed by atoms with Crippen molar-refractivity contribution in [2.45, 2.75) is 45.4 Å². The molecule has 174 valence electrons. The van der Waals surface area contributed by atoms with E-state index in [9.17, 15) is 14.0 Å². The highest BCUT2D eigenvalue weighted by Gasteiger charge is 2.43. The number of nitrogens with zero attached hydrogens (tertiary/aromatic N) is 1. The summed E-state index contributed by atoms with van der Waals surface area (Å²) in [5.74, 6) is 0.0709. The first-order valence-corrected chi connectivity index (χ1v) is 12.1. The second kappa shape index (κ2) is 10.3. The molecule has 0 saturated carbocycles. The molecule has 2 aromatic carbocycles. The Hall–Kier alpha value is -2.95. The molecule has 2 aliphatic rings. The first-order valence-electron chi connectivity index (χ1n) is 12.1. The molecule has 0 radical (unpaired) electrons. The number of nitrogens with one attached hydrogen (secondary N) is 1. The van der Waals surface area contributed by atoms with Gasteiger partial charge in [-0.25, -0.2) is 4.39 Å². The van der Waals surface area contributed by atoms with Crippen molar-refractivity contribution in [1.29, 1.82) is 0 Å². The molecule has 0 spiro atoms. The van der Waals surface area contributed by atoms with Crippen LogP contribution in [0.5, 0.6) is 0 Å². The maximum absolute atomic E-state index is 13.9. The van der Waals surface area contributed by atoms with Gasteiger partial charge < -0.3 is 10.2 Å². The van der Waals surface area contributed by atoms with Crippen molar-refractivity contribution >= 4 is 11.8 Å². The summed E-state index contributed by atoms with van der Waals surface area (Å²) >= 11 is 0. The summed E-state index contributed by atoms with van der Waals surface area (Å²) in [7, 11) is 0. The van der Waals surface area contributed by atoms with Crippen LogP contribution in [0.4, 0.5) is 4.39 Å². The van der Waals surface area contributed by atoms with Crippen molar-refractivity contribution in [2.75, 3.05) is 19.6 Å². The number of likely N-dealkylation sites (tertiary alicyclic amines) is 1. The molecule has 0 bridgehead atoms. The van der Waals surface area contributed by atoms with Crippen molar-refractivity contribution in [3.8, 4) is 11.1 Å². The minimum atomic E-state index is -0.581. The zero-order valence-corrected chi connectivity index (χ0v) is 19.4. The Kier molecular flexibility index (Phi) is 7.26. The second-order valence-electron chi connectivity index (χ2n) is 9.29. The summed E-state index contributed by atoms with van der Waals surface area (Å²) in [5.41, 5.74) is 2.22. The number of hydrogen-bond acceptors (Lipinski definition) is 2. The molecule has 2 amide bonds. The minimum Gasteiger partial charge on any atom is -0.356 e. The van der Waals surface area contributed by atoms with Gasteiger partial charge in [0, 0.05) is 25.6 Å². The summed E-state index contributed by atoms with van der Waals surface area (Å²) in [6, 6.07) is 14.5. The van der Waals surface area contributed by atoms with E-state index in [2.05, 4.69) is 17.5 Å². The number of rotatable bonds is 6. The molecular weight excluding hydrogens is 415 g/mol. The molecule has 1 fully saturated rings. The molecule has 5 heteroatoms. The van der Waals surface area contributed by atoms with E-state index in [1.54, 1.807) is 6.07 Å². The van der Waals surface area contributed by atoms with Gasteiger partial charge in [0.25, 0.3) is 0 Å². The first-order chi connectivity index (χ1) is 16.0. The van der Waals surface area contributed by atoms with E-state index < -0.39 is 5.41 Å². The lowest BCUT2D eigenvalue weighted by Crippen LogP contribution is -2.52. The van der Waals surface area contributed by atoms with Gasteiger partial charge in [-0.05, 0) is 74.3 Å². The van der Waals surface area contributed by atoms with Crippen molar-refractivity contribution in [3.05, 3.63) is 72.1 Å². The average molecular weight is 449 g/mol. The van der Waals surface area contributed by atoms with Crippen molar-refractivity contribution in [1.82, 2.24) is 10.2 Å². The third kappa shape index (κ3) is 5.18. The van der Waals surface area contributed by atoms with Gasteiger partial charge in [-0.1, -0.05) is 48.6 Å². The van der Waals surface area contributed by atoms with Crippen LogP contribution in [0.3, 0.4) is 0 Å². The van der Waals surface area contributed by atoms with Gasteiger partial charge in [0.1, 0.15) is 5.82 Å². The monoisotopic (exact) mass is 448 g/mol. The lowest BCUT2D eigenvalue weighted by atomic mass is 9.71. The highest BCUT2D eigenvalue weighted by Crippen LogP contribution is 2.39. The molecule has 0 aromatic heterocycles. The number of allylic oxidation sites excluding steroid dienone is 2. The number of halogens is 1. The van der Waals surface area contributed by atoms with Crippen LogP contribution >= 0.6 is 0 Å². The Bertz CT molecular complexity index is 1020. The highest BCUT2D eigenvalue weighted by atomic mass is 19.1. The molecule has 4 rings (SSSR count). The van der Waals surface area contributed by atoms with Crippen molar-refractivity contribution in [2.24, 2.45) is 11.3 Å². The molecule has 1 aliphatic heterocycles. The standard InChI is InChI=1S/C28H33FN2O2/c1-2-30-27(33)28(15-17-31(18-16-28)26(32)21-9-4-3-5-10-21)20-23-11-6-7-14-25(23)22-12-8-13-24(29)19-22/h3-4,6-8,11-14,19,21H,2,5,9-10,15-18,20H2,1H3,(H,30,33)/t21-/m1/s1. The molecule has 1 aliphatic carbocycles. The van der Waals surface area contributed by atoms with E-state index in [0.29, 0.717) is 38.9 Å². The topological polar surface area (TPSA) is 49.4 Å². The van der Waals surface area contributed by atoms with E-state index in [1.807, 2.05) is 42.2 Å². The van der Waals surface area contributed by atoms with Crippen LogP contribution in [-0.4, -0.2) is 36.3 Å². The van der Waals surface area contributed by atoms with Gasteiger partial charge in [-0.15, -0.1) is 0 Å². The minimum absolute atomic E-state index is 0.0479. The number of hydrogen-bond donors (Lipinski definition) is 1. The lowest BCUT2D eigenvalue weighted by molar-refractivity contribution is -0.143. The number of carbonyl (C=O) groups is 2. The normalized spacial score (nSPS) is 19.8. The zero-order valence-electron chi connectivity index (χ0n) is 19.4. The maximum Gasteiger partial charge on any atom is 0.226 e. The van der Waals surface area contributed by atoms with E-state index in [0.717, 1.165) is 36.0 Å². The molecule has 2 aromatic rings. The molecule has 4 nitrogen and oxygen atoms in total. The van der Waals surface area contributed by atoms with E-state index in [4.69, 9.17) is 0 Å². The van der Waals surface area contributed by atoms with Crippen LogP contribution in [-0.2, 0) is 16.0 Å². The lowest BCUT2D eigenvalue weighted by Gasteiger charge is -2.42. The van der Waals surface area contributed by atoms with E-state index in [-0.39, 0.29) is 23.5 Å². The number of piperidine rings is 1. The fourth-order valence-corrected chi connectivity index (χ4v) is 5.24. The Morgan fingerprint density at radius 3 is 2.58 bits per heavy atom. The predicted octanol–water partition coefficient (Wildman–Crippen LogP) is 5.14. The molecule has 1 heterocycles. The van der Waals surface area contributed by atoms with Crippen LogP contribution in [0.25, 0.3) is 11.1 Å². The third-order valence-electron chi connectivity index (χ3n) is 7.15. The molecule has 1 N–H and O–H groups in total. The van der Waals surface area contributed by atoms with Gasteiger partial charge in [0.15, 0.2) is 0 Å². The highest BCUT2D eigenvalue weighted by molar-refractivity contribution is 5.85. The summed E-state index contributed by atoms with van der Waals surface area (Å²) < 4.78 is 13.9. The first kappa shape index (κ1) is 23.2. The van der Waals surface area contributed by atoms with E-state index in [1.165, 1.54) is 12.1 Å². The smallest absolute Gasteiger partial charge is 0.226 e. The van der Waals surface area contributed by atoms with Crippen LogP contribution < -0.4 is 5.32 Å². The molecule has 1 atom stereocenters. The summed E-state index contributed by atoms with van der Waals surface area (Å²) in [5, 5.41) is 3.04. The fraction of sp³-hybridized carbons (Fsp3) is 0.429. The van der Waals surface area contributed by atoms with Gasteiger partial charge in [0.2, 0.25) is 11.8 Å². The van der Waals surface area contributed by atoms with Crippen LogP contribution in [0.15, 0.2) is 60.7 Å². The second-order valence-corrected chi connectivity index (χ2v) is 9.29. The fourth-order valence-electron chi connectivity index (χ4n) is 5.24. The average Bonchev–Trinajstić information content (AvgIpc) is 2.85. The quantitative estimate of drug-likeness (QED) is 0.623. The number of carbonyl (C=O) groups excluding carboxylic acids is 2. The molecular formula is C28H33FN2O2. The summed E-state index contributed by atoms with van der Waals surface area (Å²) in [6.45, 7) is 3.70. The van der Waals surface area contributed by atoms with Crippen LogP contribution in [0.1, 0.15) is 44.6 Å². The number of amides is 2. The number of benzene rings is 2. The molecule has 0 unspecified atom stereocenters. The Labute approximate surface area is 195 Å². The Morgan fingerprint density at radius 1 is 1.09 bits per heavy atom. The Balaban J connectivity index is 1.57. The summed E-state index contributed by atoms with van der Waals surface area (Å²) in [6.07, 6.45) is 8.78. The predicted molar refractivity (Wildman–Crippen MR) is 129 cm³/mol.